The van der Waals surface area contributed by atoms with Crippen LogP contribution in [0, 0.1) is 21.4 Å². The monoisotopic (exact) mass is 545 g/mol. The zero-order chi connectivity index (χ0) is 27.6. The molecule has 1 N–H and O–H groups in total. The predicted octanol–water partition coefficient (Wildman–Crippen LogP) is 2.23. The lowest BCUT2D eigenvalue weighted by atomic mass is 10.2. The summed E-state index contributed by atoms with van der Waals surface area (Å²) in [6.45, 7) is 3.26. The number of benzene rings is 1. The van der Waals surface area contributed by atoms with Crippen LogP contribution in [-0.2, 0) is 13.1 Å². The SMILES string of the molecule is N#Cc1nc(N2CCN(c3ccc(OC(F)(F)F)cc3)CC2)ncc1CN[C@@H]1COc2nc([N+](=O)[O-])cn2C1. The Kier molecular flexibility index (Phi) is 7.07. The van der Waals surface area contributed by atoms with E-state index in [0.717, 1.165) is 5.69 Å². The Morgan fingerprint density at radius 2 is 1.90 bits per heavy atom. The first-order chi connectivity index (χ1) is 18.7. The summed E-state index contributed by atoms with van der Waals surface area (Å²) in [5.41, 5.74) is 1.60. The number of nitro groups is 1. The first kappa shape index (κ1) is 26.0. The number of nitrogens with one attached hydrogen (secondary N) is 1. The quantitative estimate of drug-likeness (QED) is 0.344. The summed E-state index contributed by atoms with van der Waals surface area (Å²) in [6.07, 6.45) is -1.82. The van der Waals surface area contributed by atoms with Crippen molar-refractivity contribution in [3.05, 3.63) is 58.0 Å². The Morgan fingerprint density at radius 3 is 2.56 bits per heavy atom. The summed E-state index contributed by atoms with van der Waals surface area (Å²) in [5.74, 6) is -0.140. The lowest BCUT2D eigenvalue weighted by Gasteiger charge is -2.36. The molecule has 0 unspecified atom stereocenters. The van der Waals surface area contributed by atoms with E-state index in [9.17, 15) is 28.5 Å². The molecule has 1 aromatic carbocycles. The highest BCUT2D eigenvalue weighted by Gasteiger charge is 2.31. The summed E-state index contributed by atoms with van der Waals surface area (Å²) >= 11 is 0. The minimum Gasteiger partial charge on any atom is -0.444 e. The molecule has 0 spiro atoms. The number of hydrogen-bond acceptors (Lipinski definition) is 11. The van der Waals surface area contributed by atoms with Crippen molar-refractivity contribution in [2.24, 2.45) is 0 Å². The number of anilines is 2. The van der Waals surface area contributed by atoms with Gasteiger partial charge in [-0.2, -0.15) is 5.26 Å². The van der Waals surface area contributed by atoms with Crippen LogP contribution < -0.4 is 24.6 Å². The average Bonchev–Trinajstić information content (AvgIpc) is 3.36. The van der Waals surface area contributed by atoms with E-state index in [1.165, 1.54) is 18.3 Å². The van der Waals surface area contributed by atoms with Crippen molar-refractivity contribution in [1.82, 2.24) is 24.8 Å². The van der Waals surface area contributed by atoms with Gasteiger partial charge in [0.25, 0.3) is 0 Å². The molecular weight excluding hydrogens is 523 g/mol. The molecule has 0 radical (unpaired) electrons. The van der Waals surface area contributed by atoms with E-state index in [0.29, 0.717) is 50.8 Å². The molecule has 1 saturated heterocycles. The van der Waals surface area contributed by atoms with Crippen molar-refractivity contribution in [3.63, 3.8) is 0 Å². The van der Waals surface area contributed by atoms with Gasteiger partial charge in [-0.3, -0.25) is 4.57 Å². The lowest BCUT2D eigenvalue weighted by molar-refractivity contribution is -0.389. The standard InChI is InChI=1S/C23H22F3N9O4/c24-23(25,26)39-18-3-1-17(2-4-18)32-5-7-33(8-6-32)21-29-11-15(19(9-27)30-21)10-28-16-12-34-13-20(35(36)37)31-22(34)38-14-16/h1-4,11,13,16,28H,5-8,10,12,14H2/t16-/m0/s1. The molecule has 2 aromatic heterocycles. The largest absolute Gasteiger partial charge is 0.573 e. The van der Waals surface area contributed by atoms with Crippen LogP contribution in [0.4, 0.5) is 30.6 Å². The molecule has 3 aromatic rings. The zero-order valence-corrected chi connectivity index (χ0v) is 20.3. The molecule has 0 amide bonds. The fourth-order valence-corrected chi connectivity index (χ4v) is 4.36. The molecule has 2 aliphatic rings. The molecule has 1 fully saturated rings. The fraction of sp³-hybridized carbons (Fsp3) is 0.391. The second kappa shape index (κ2) is 10.6. The van der Waals surface area contributed by atoms with Crippen molar-refractivity contribution in [2.75, 3.05) is 42.6 Å². The molecule has 1 atom stereocenters. The molecule has 16 heteroatoms. The molecule has 0 aliphatic carbocycles. The summed E-state index contributed by atoms with van der Waals surface area (Å²) < 4.78 is 48.1. The maximum atomic E-state index is 12.4. The van der Waals surface area contributed by atoms with E-state index < -0.39 is 11.3 Å². The second-order valence-electron chi connectivity index (χ2n) is 8.85. The molecular formula is C23H22F3N9O4. The number of rotatable bonds is 7. The third-order valence-electron chi connectivity index (χ3n) is 6.28. The highest BCUT2D eigenvalue weighted by molar-refractivity contribution is 5.51. The summed E-state index contributed by atoms with van der Waals surface area (Å²) in [6, 6.07) is 7.85. The summed E-state index contributed by atoms with van der Waals surface area (Å²) in [4.78, 5) is 27.0. The van der Waals surface area contributed by atoms with Crippen LogP contribution in [0.25, 0.3) is 0 Å². The topological polar surface area (TPSA) is 148 Å². The van der Waals surface area contributed by atoms with Crippen LogP contribution in [0.15, 0.2) is 36.7 Å². The highest BCUT2D eigenvalue weighted by Crippen LogP contribution is 2.26. The molecule has 13 nitrogen and oxygen atoms in total. The van der Waals surface area contributed by atoms with Gasteiger partial charge in [0.1, 0.15) is 24.6 Å². The first-order valence-corrected chi connectivity index (χ1v) is 11.9. The molecule has 204 valence electrons. The van der Waals surface area contributed by atoms with Gasteiger partial charge in [0, 0.05) is 61.7 Å². The number of nitriles is 1. The van der Waals surface area contributed by atoms with Crippen LogP contribution in [-0.4, -0.2) is 69.6 Å². The normalized spacial score (nSPS) is 17.2. The van der Waals surface area contributed by atoms with E-state index in [1.807, 2.05) is 9.80 Å². The van der Waals surface area contributed by atoms with Crippen LogP contribution in [0.1, 0.15) is 11.3 Å². The van der Waals surface area contributed by atoms with Gasteiger partial charge >= 0.3 is 18.2 Å². The number of alkyl halides is 3. The number of imidazole rings is 1. The van der Waals surface area contributed by atoms with E-state index in [1.54, 1.807) is 22.9 Å². The summed E-state index contributed by atoms with van der Waals surface area (Å²) in [7, 11) is 0. The zero-order valence-electron chi connectivity index (χ0n) is 20.3. The van der Waals surface area contributed by atoms with Crippen molar-refractivity contribution in [2.45, 2.75) is 25.5 Å². The number of ether oxygens (including phenoxy) is 2. The first-order valence-electron chi connectivity index (χ1n) is 11.9. The van der Waals surface area contributed by atoms with E-state index in [2.05, 4.69) is 31.1 Å². The molecule has 0 bridgehead atoms. The van der Waals surface area contributed by atoms with Gasteiger partial charge in [0.2, 0.25) is 5.95 Å². The average molecular weight is 545 g/mol. The minimum absolute atomic E-state index is 0.167. The van der Waals surface area contributed by atoms with Crippen molar-refractivity contribution >= 4 is 17.5 Å². The fourth-order valence-electron chi connectivity index (χ4n) is 4.36. The van der Waals surface area contributed by atoms with Crippen LogP contribution in [0.3, 0.4) is 0 Å². The smallest absolute Gasteiger partial charge is 0.444 e. The van der Waals surface area contributed by atoms with Crippen LogP contribution in [0.2, 0.25) is 0 Å². The minimum atomic E-state index is -4.73. The van der Waals surface area contributed by atoms with Crippen LogP contribution >= 0.6 is 0 Å². The Morgan fingerprint density at radius 1 is 1.18 bits per heavy atom. The molecule has 2 aliphatic heterocycles. The third kappa shape index (κ3) is 6.09. The Balaban J connectivity index is 1.16. The van der Waals surface area contributed by atoms with Crippen molar-refractivity contribution < 1.29 is 27.6 Å². The maximum Gasteiger partial charge on any atom is 0.573 e. The number of piperazine rings is 1. The number of hydrogen-bond donors (Lipinski definition) is 1. The van der Waals surface area contributed by atoms with Crippen molar-refractivity contribution in [3.8, 4) is 17.8 Å². The number of aromatic nitrogens is 4. The Labute approximate surface area is 219 Å². The van der Waals surface area contributed by atoms with Gasteiger partial charge in [-0.1, -0.05) is 0 Å². The van der Waals surface area contributed by atoms with Crippen molar-refractivity contribution in [1.29, 1.82) is 5.26 Å². The second-order valence-corrected chi connectivity index (χ2v) is 8.85. The maximum absolute atomic E-state index is 12.4. The lowest BCUT2D eigenvalue weighted by Crippen LogP contribution is -2.47. The predicted molar refractivity (Wildman–Crippen MR) is 129 cm³/mol. The number of halogens is 3. The molecule has 39 heavy (non-hydrogen) atoms. The van der Waals surface area contributed by atoms with Gasteiger partial charge in [-0.25, -0.2) is 9.97 Å². The van der Waals surface area contributed by atoms with Gasteiger partial charge in [-0.15, -0.1) is 13.2 Å². The number of nitrogens with zero attached hydrogens (tertiary/aromatic N) is 8. The molecule has 5 rings (SSSR count). The van der Waals surface area contributed by atoms with Crippen LogP contribution in [0.5, 0.6) is 11.8 Å². The molecule has 4 heterocycles. The van der Waals surface area contributed by atoms with Gasteiger partial charge in [-0.05, 0) is 29.2 Å². The van der Waals surface area contributed by atoms with E-state index in [-0.39, 0.29) is 35.9 Å². The van der Waals surface area contributed by atoms with Gasteiger partial charge in [0.15, 0.2) is 5.69 Å². The summed E-state index contributed by atoms with van der Waals surface area (Å²) in [5, 5.41) is 23.9. The van der Waals surface area contributed by atoms with Gasteiger partial charge in [0.05, 0.1) is 6.04 Å². The Bertz CT molecular complexity index is 1380. The number of fused-ring (bicyclic) bond motifs is 1. The van der Waals surface area contributed by atoms with E-state index in [4.69, 9.17) is 4.74 Å². The van der Waals surface area contributed by atoms with E-state index >= 15 is 0 Å². The van der Waals surface area contributed by atoms with Gasteiger partial charge < -0.3 is 34.7 Å². The third-order valence-corrected chi connectivity index (χ3v) is 6.28. The Hall–Kier alpha value is -4.65. The highest BCUT2D eigenvalue weighted by atomic mass is 19.4. The molecule has 0 saturated carbocycles.